The lowest BCUT2D eigenvalue weighted by molar-refractivity contribution is -0.115. The van der Waals surface area contributed by atoms with Gasteiger partial charge in [-0.15, -0.1) is 0 Å². The Morgan fingerprint density at radius 3 is 2.35 bits per heavy atom. The molecule has 0 aliphatic rings. The lowest BCUT2D eigenvalue weighted by atomic mass is 10.1. The van der Waals surface area contributed by atoms with Crippen molar-refractivity contribution in [1.82, 2.24) is 5.32 Å². The molecule has 112 valence electrons. The molecule has 1 rings (SSSR count). The minimum Gasteiger partial charge on any atom is -0.325 e. The molecule has 0 radical (unpaired) electrons. The van der Waals surface area contributed by atoms with Crippen molar-refractivity contribution < 1.29 is 13.2 Å². The van der Waals surface area contributed by atoms with E-state index in [1.165, 1.54) is 12.1 Å². The summed E-state index contributed by atoms with van der Waals surface area (Å²) in [6.07, 6.45) is 1.14. The second kappa shape index (κ2) is 5.93. The van der Waals surface area contributed by atoms with Crippen LogP contribution >= 0.6 is 0 Å². The average Bonchev–Trinajstić information content (AvgIpc) is 2.27. The molecule has 2 N–H and O–H groups in total. The number of anilines is 1. The molecule has 20 heavy (non-hydrogen) atoms. The largest absolute Gasteiger partial charge is 0.325 e. The molecule has 1 aromatic carbocycles. The fourth-order valence-electron chi connectivity index (χ4n) is 1.51. The third kappa shape index (κ3) is 5.30. The second-order valence-electron chi connectivity index (χ2n) is 5.90. The minimum absolute atomic E-state index is 0.152. The van der Waals surface area contributed by atoms with Crippen molar-refractivity contribution in [1.29, 1.82) is 0 Å². The van der Waals surface area contributed by atoms with E-state index in [9.17, 15) is 13.2 Å². The molecule has 0 aliphatic heterocycles. The van der Waals surface area contributed by atoms with Gasteiger partial charge in [0.2, 0.25) is 5.91 Å². The summed E-state index contributed by atoms with van der Waals surface area (Å²) in [4.78, 5) is 12.0. The van der Waals surface area contributed by atoms with Crippen molar-refractivity contribution in [2.24, 2.45) is 0 Å². The monoisotopic (exact) mass is 298 g/mol. The van der Waals surface area contributed by atoms with Crippen LogP contribution in [0, 0.1) is 6.92 Å². The van der Waals surface area contributed by atoms with Crippen molar-refractivity contribution in [3.05, 3.63) is 23.8 Å². The predicted molar refractivity (Wildman–Crippen MR) is 80.7 cm³/mol. The molecule has 0 fully saturated rings. The molecule has 0 aromatic heterocycles. The Bertz CT molecular complexity index is 601. The maximum absolute atomic E-state index is 11.8. The van der Waals surface area contributed by atoms with E-state index in [2.05, 4.69) is 10.6 Å². The van der Waals surface area contributed by atoms with Crippen LogP contribution in [0.25, 0.3) is 0 Å². The van der Waals surface area contributed by atoms with E-state index < -0.39 is 9.84 Å². The second-order valence-corrected chi connectivity index (χ2v) is 7.92. The van der Waals surface area contributed by atoms with E-state index in [1.807, 2.05) is 27.7 Å². The summed E-state index contributed by atoms with van der Waals surface area (Å²) >= 11 is 0. The Kier molecular flexibility index (Phi) is 4.94. The number of nitrogens with one attached hydrogen (secondary N) is 2. The lowest BCUT2D eigenvalue weighted by Gasteiger charge is -2.20. The number of rotatable bonds is 4. The van der Waals surface area contributed by atoms with Crippen molar-refractivity contribution >= 4 is 21.4 Å². The van der Waals surface area contributed by atoms with Crippen molar-refractivity contribution in [3.8, 4) is 0 Å². The lowest BCUT2D eigenvalue weighted by Crippen LogP contribution is -2.41. The molecule has 0 aliphatic carbocycles. The maximum atomic E-state index is 11.8. The van der Waals surface area contributed by atoms with Crippen LogP contribution in [0.5, 0.6) is 0 Å². The van der Waals surface area contributed by atoms with Gasteiger partial charge in [-0.2, -0.15) is 0 Å². The van der Waals surface area contributed by atoms with Crippen LogP contribution < -0.4 is 10.6 Å². The Morgan fingerprint density at radius 2 is 1.85 bits per heavy atom. The highest BCUT2D eigenvalue weighted by Gasteiger charge is 2.14. The van der Waals surface area contributed by atoms with Gasteiger partial charge >= 0.3 is 0 Å². The van der Waals surface area contributed by atoms with E-state index in [0.29, 0.717) is 5.69 Å². The molecule has 0 heterocycles. The van der Waals surface area contributed by atoms with Gasteiger partial charge in [-0.1, -0.05) is 6.07 Å². The van der Waals surface area contributed by atoms with E-state index in [0.717, 1.165) is 11.8 Å². The smallest absolute Gasteiger partial charge is 0.238 e. The topological polar surface area (TPSA) is 75.3 Å². The van der Waals surface area contributed by atoms with Gasteiger partial charge in [0.15, 0.2) is 9.84 Å². The fourth-order valence-corrected chi connectivity index (χ4v) is 2.15. The SMILES string of the molecule is Cc1ccc(S(C)(=O)=O)cc1NC(=O)CNC(C)(C)C. The van der Waals surface area contributed by atoms with Crippen LogP contribution in [-0.4, -0.2) is 32.7 Å². The van der Waals surface area contributed by atoms with Gasteiger partial charge in [0.05, 0.1) is 11.4 Å². The Hall–Kier alpha value is -1.40. The van der Waals surface area contributed by atoms with Gasteiger partial charge in [-0.05, 0) is 45.4 Å². The molecule has 5 nitrogen and oxygen atoms in total. The summed E-state index contributed by atoms with van der Waals surface area (Å²) in [5.74, 6) is -0.200. The number of benzene rings is 1. The summed E-state index contributed by atoms with van der Waals surface area (Å²) in [6.45, 7) is 7.90. The molecular formula is C14H22N2O3S. The number of hydrogen-bond donors (Lipinski definition) is 2. The highest BCUT2D eigenvalue weighted by molar-refractivity contribution is 7.90. The molecule has 0 atom stereocenters. The third-order valence-electron chi connectivity index (χ3n) is 2.69. The molecule has 0 bridgehead atoms. The maximum Gasteiger partial charge on any atom is 0.238 e. The molecule has 0 unspecified atom stereocenters. The Balaban J connectivity index is 2.85. The first-order valence-corrected chi connectivity index (χ1v) is 8.24. The highest BCUT2D eigenvalue weighted by atomic mass is 32.2. The first-order valence-electron chi connectivity index (χ1n) is 6.34. The minimum atomic E-state index is -3.28. The average molecular weight is 298 g/mol. The molecule has 6 heteroatoms. The summed E-state index contributed by atoms with van der Waals surface area (Å²) in [7, 11) is -3.28. The van der Waals surface area contributed by atoms with Gasteiger partial charge in [-0.25, -0.2) is 8.42 Å². The van der Waals surface area contributed by atoms with E-state index in [1.54, 1.807) is 6.07 Å². The first-order chi connectivity index (χ1) is 8.99. The number of hydrogen-bond acceptors (Lipinski definition) is 4. The van der Waals surface area contributed by atoms with Gasteiger partial charge < -0.3 is 10.6 Å². The molecule has 0 saturated heterocycles. The van der Waals surface area contributed by atoms with Crippen LogP contribution in [-0.2, 0) is 14.6 Å². The number of carbonyl (C=O) groups is 1. The third-order valence-corrected chi connectivity index (χ3v) is 3.80. The van der Waals surface area contributed by atoms with Crippen molar-refractivity contribution in [3.63, 3.8) is 0 Å². The summed E-state index contributed by atoms with van der Waals surface area (Å²) in [5, 5.41) is 5.81. The van der Waals surface area contributed by atoms with Gasteiger partial charge in [-0.3, -0.25) is 4.79 Å². The van der Waals surface area contributed by atoms with Crippen LogP contribution in [0.15, 0.2) is 23.1 Å². The molecule has 0 spiro atoms. The van der Waals surface area contributed by atoms with Crippen LogP contribution in [0.4, 0.5) is 5.69 Å². The summed E-state index contributed by atoms with van der Waals surface area (Å²) in [5.41, 5.74) is 1.19. The van der Waals surface area contributed by atoms with Crippen LogP contribution in [0.3, 0.4) is 0 Å². The first kappa shape index (κ1) is 16.7. The Labute approximate surface area is 120 Å². The van der Waals surface area contributed by atoms with E-state index in [-0.39, 0.29) is 22.9 Å². The zero-order valence-corrected chi connectivity index (χ0v) is 13.4. The number of carbonyl (C=O) groups excluding carboxylic acids is 1. The number of sulfone groups is 1. The van der Waals surface area contributed by atoms with E-state index >= 15 is 0 Å². The Morgan fingerprint density at radius 1 is 1.25 bits per heavy atom. The van der Waals surface area contributed by atoms with E-state index in [4.69, 9.17) is 0 Å². The zero-order valence-electron chi connectivity index (χ0n) is 12.6. The quantitative estimate of drug-likeness (QED) is 0.887. The van der Waals surface area contributed by atoms with Gasteiger partial charge in [0.25, 0.3) is 0 Å². The molecule has 0 saturated carbocycles. The predicted octanol–water partition coefficient (Wildman–Crippen LogP) is 1.73. The van der Waals surface area contributed by atoms with Gasteiger partial charge in [0.1, 0.15) is 0 Å². The van der Waals surface area contributed by atoms with Crippen LogP contribution in [0.1, 0.15) is 26.3 Å². The normalized spacial score (nSPS) is 12.2. The number of aryl methyl sites for hydroxylation is 1. The van der Waals surface area contributed by atoms with Crippen molar-refractivity contribution in [2.75, 3.05) is 18.1 Å². The zero-order chi connectivity index (χ0) is 15.6. The highest BCUT2D eigenvalue weighted by Crippen LogP contribution is 2.20. The molecule has 1 amide bonds. The van der Waals surface area contributed by atoms with Crippen LogP contribution in [0.2, 0.25) is 0 Å². The number of amides is 1. The fraction of sp³-hybridized carbons (Fsp3) is 0.500. The molecular weight excluding hydrogens is 276 g/mol. The molecule has 1 aromatic rings. The van der Waals surface area contributed by atoms with Crippen molar-refractivity contribution in [2.45, 2.75) is 38.1 Å². The summed E-state index contributed by atoms with van der Waals surface area (Å²) in [6, 6.07) is 4.70. The summed E-state index contributed by atoms with van der Waals surface area (Å²) < 4.78 is 23.0. The van der Waals surface area contributed by atoms with Gasteiger partial charge in [0, 0.05) is 17.5 Å². The standard InChI is InChI=1S/C14H22N2O3S/c1-10-6-7-11(20(5,18)19)8-12(10)16-13(17)9-15-14(2,3)4/h6-8,15H,9H2,1-5H3,(H,16,17).